The summed E-state index contributed by atoms with van der Waals surface area (Å²) >= 11 is 0. The standard InChI is InChI=1S/C24H26N4O3/c25-15-18-2-4-19(5-3-18)16-27-10-1-11-28(13-12-27)24(30)17-31-21-7-8-22-20(14-21)6-9-23(29)26-22/h2-5,7-8,14H,1,6,9-13,16-17H2,(H,26,29). The average molecular weight is 418 g/mol. The third-order valence-electron chi connectivity index (χ3n) is 5.76. The summed E-state index contributed by atoms with van der Waals surface area (Å²) in [6, 6.07) is 15.3. The highest BCUT2D eigenvalue weighted by atomic mass is 16.5. The molecular weight excluding hydrogens is 392 g/mol. The van der Waals surface area contributed by atoms with Crippen LogP contribution in [0.4, 0.5) is 5.69 Å². The highest BCUT2D eigenvalue weighted by molar-refractivity contribution is 5.94. The minimum Gasteiger partial charge on any atom is -0.484 e. The van der Waals surface area contributed by atoms with Crippen LogP contribution in [0, 0.1) is 11.3 Å². The lowest BCUT2D eigenvalue weighted by Crippen LogP contribution is -2.38. The van der Waals surface area contributed by atoms with Gasteiger partial charge in [0.2, 0.25) is 5.91 Å². The van der Waals surface area contributed by atoms with Gasteiger partial charge in [0.1, 0.15) is 5.75 Å². The van der Waals surface area contributed by atoms with Crippen LogP contribution in [-0.4, -0.2) is 54.4 Å². The van der Waals surface area contributed by atoms with E-state index in [1.165, 1.54) is 5.56 Å². The topological polar surface area (TPSA) is 85.7 Å². The lowest BCUT2D eigenvalue weighted by molar-refractivity contribution is -0.133. The molecule has 7 heteroatoms. The Labute approximate surface area is 182 Å². The molecule has 1 fully saturated rings. The Morgan fingerprint density at radius 3 is 2.71 bits per heavy atom. The molecular formula is C24H26N4O3. The van der Waals surface area contributed by atoms with Gasteiger partial charge in [-0.2, -0.15) is 5.26 Å². The van der Waals surface area contributed by atoms with Gasteiger partial charge in [0.15, 0.2) is 6.61 Å². The zero-order valence-corrected chi connectivity index (χ0v) is 17.5. The maximum absolute atomic E-state index is 12.7. The van der Waals surface area contributed by atoms with Crippen molar-refractivity contribution in [3.05, 3.63) is 59.2 Å². The van der Waals surface area contributed by atoms with Crippen molar-refractivity contribution in [2.24, 2.45) is 0 Å². The fourth-order valence-corrected chi connectivity index (χ4v) is 4.01. The van der Waals surface area contributed by atoms with Crippen molar-refractivity contribution >= 4 is 17.5 Å². The quantitative estimate of drug-likeness (QED) is 0.807. The molecule has 1 saturated heterocycles. The van der Waals surface area contributed by atoms with Gasteiger partial charge in [0.05, 0.1) is 11.6 Å². The molecule has 0 aromatic heterocycles. The van der Waals surface area contributed by atoms with E-state index in [1.54, 1.807) is 6.07 Å². The normalized spacial score (nSPS) is 16.6. The number of carbonyl (C=O) groups excluding carboxylic acids is 2. The molecule has 4 rings (SSSR count). The number of hydrogen-bond acceptors (Lipinski definition) is 5. The van der Waals surface area contributed by atoms with Crippen molar-refractivity contribution < 1.29 is 14.3 Å². The Kier molecular flexibility index (Phi) is 6.48. The van der Waals surface area contributed by atoms with Gasteiger partial charge >= 0.3 is 0 Å². The summed E-state index contributed by atoms with van der Waals surface area (Å²) in [5.74, 6) is 0.678. The first-order chi connectivity index (χ1) is 15.1. The molecule has 160 valence electrons. The summed E-state index contributed by atoms with van der Waals surface area (Å²) in [5.41, 5.74) is 3.70. The van der Waals surface area contributed by atoms with Gasteiger partial charge in [0.25, 0.3) is 5.91 Å². The lowest BCUT2D eigenvalue weighted by atomic mass is 10.0. The van der Waals surface area contributed by atoms with Crippen LogP contribution in [0.2, 0.25) is 0 Å². The van der Waals surface area contributed by atoms with E-state index in [2.05, 4.69) is 16.3 Å². The van der Waals surface area contributed by atoms with Crippen LogP contribution >= 0.6 is 0 Å². The molecule has 0 aliphatic carbocycles. The van der Waals surface area contributed by atoms with Crippen LogP contribution in [0.1, 0.15) is 29.5 Å². The number of nitrogens with zero attached hydrogens (tertiary/aromatic N) is 3. The molecule has 0 atom stereocenters. The Morgan fingerprint density at radius 2 is 1.90 bits per heavy atom. The number of hydrogen-bond donors (Lipinski definition) is 1. The second-order valence-corrected chi connectivity index (χ2v) is 7.98. The van der Waals surface area contributed by atoms with Gasteiger partial charge in [0, 0.05) is 44.8 Å². The van der Waals surface area contributed by atoms with Crippen molar-refractivity contribution in [1.29, 1.82) is 5.26 Å². The number of fused-ring (bicyclic) bond motifs is 1. The van der Waals surface area contributed by atoms with Crippen molar-refractivity contribution in [2.75, 3.05) is 38.1 Å². The van der Waals surface area contributed by atoms with Gasteiger partial charge in [-0.3, -0.25) is 14.5 Å². The predicted octanol–water partition coefficient (Wildman–Crippen LogP) is 2.56. The molecule has 0 radical (unpaired) electrons. The van der Waals surface area contributed by atoms with Gasteiger partial charge in [-0.05, 0) is 54.3 Å². The van der Waals surface area contributed by atoms with Gasteiger partial charge < -0.3 is 15.0 Å². The Hall–Kier alpha value is -3.37. The van der Waals surface area contributed by atoms with Crippen LogP contribution in [0.5, 0.6) is 5.75 Å². The molecule has 2 heterocycles. The molecule has 7 nitrogen and oxygen atoms in total. The third-order valence-corrected chi connectivity index (χ3v) is 5.76. The molecule has 0 unspecified atom stereocenters. The second kappa shape index (κ2) is 9.63. The first-order valence-electron chi connectivity index (χ1n) is 10.7. The van der Waals surface area contributed by atoms with E-state index in [-0.39, 0.29) is 18.4 Å². The summed E-state index contributed by atoms with van der Waals surface area (Å²) in [6.07, 6.45) is 2.08. The van der Waals surface area contributed by atoms with Crippen molar-refractivity contribution in [2.45, 2.75) is 25.8 Å². The predicted molar refractivity (Wildman–Crippen MR) is 117 cm³/mol. The average Bonchev–Trinajstić information content (AvgIpc) is 3.03. The van der Waals surface area contributed by atoms with E-state index in [4.69, 9.17) is 10.00 Å². The minimum absolute atomic E-state index is 0.00811. The summed E-state index contributed by atoms with van der Waals surface area (Å²) in [7, 11) is 0. The Morgan fingerprint density at radius 1 is 1.06 bits per heavy atom. The largest absolute Gasteiger partial charge is 0.484 e. The maximum atomic E-state index is 12.7. The number of benzene rings is 2. The van der Waals surface area contributed by atoms with Gasteiger partial charge in [-0.1, -0.05) is 12.1 Å². The smallest absolute Gasteiger partial charge is 0.260 e. The van der Waals surface area contributed by atoms with Gasteiger partial charge in [-0.15, -0.1) is 0 Å². The first-order valence-corrected chi connectivity index (χ1v) is 10.7. The first kappa shape index (κ1) is 20.9. The van der Waals surface area contributed by atoms with E-state index >= 15 is 0 Å². The molecule has 0 saturated carbocycles. The van der Waals surface area contributed by atoms with Gasteiger partial charge in [-0.25, -0.2) is 0 Å². The highest BCUT2D eigenvalue weighted by Gasteiger charge is 2.20. The molecule has 31 heavy (non-hydrogen) atoms. The maximum Gasteiger partial charge on any atom is 0.260 e. The van der Waals surface area contributed by atoms with Crippen LogP contribution in [0.3, 0.4) is 0 Å². The van der Waals surface area contributed by atoms with Crippen LogP contribution in [-0.2, 0) is 22.6 Å². The number of aryl methyl sites for hydroxylation is 1. The summed E-state index contributed by atoms with van der Waals surface area (Å²) in [5, 5.41) is 11.8. The molecule has 2 amide bonds. The number of amides is 2. The molecule has 0 bridgehead atoms. The van der Waals surface area contributed by atoms with Crippen LogP contribution in [0.15, 0.2) is 42.5 Å². The molecule has 2 aromatic carbocycles. The van der Waals surface area contributed by atoms with E-state index in [1.807, 2.05) is 41.3 Å². The van der Waals surface area contributed by atoms with E-state index < -0.39 is 0 Å². The van der Waals surface area contributed by atoms with Crippen LogP contribution in [0.25, 0.3) is 0 Å². The molecule has 2 aliphatic rings. The fourth-order valence-electron chi connectivity index (χ4n) is 4.01. The SMILES string of the molecule is N#Cc1ccc(CN2CCCN(C(=O)COc3ccc4c(c3)CCC(=O)N4)CC2)cc1. The number of nitriles is 1. The zero-order valence-electron chi connectivity index (χ0n) is 17.5. The molecule has 2 aromatic rings. The summed E-state index contributed by atoms with van der Waals surface area (Å²) in [6.45, 7) is 3.97. The lowest BCUT2D eigenvalue weighted by Gasteiger charge is -2.22. The second-order valence-electron chi connectivity index (χ2n) is 7.98. The third kappa shape index (κ3) is 5.41. The van der Waals surface area contributed by atoms with E-state index in [0.29, 0.717) is 30.7 Å². The van der Waals surface area contributed by atoms with Crippen molar-refractivity contribution in [3.63, 3.8) is 0 Å². The highest BCUT2D eigenvalue weighted by Crippen LogP contribution is 2.26. The minimum atomic E-state index is -0.00811. The number of nitrogens with one attached hydrogen (secondary N) is 1. The number of ether oxygens (including phenoxy) is 1. The fraction of sp³-hybridized carbons (Fsp3) is 0.375. The molecule has 0 spiro atoms. The molecule has 1 N–H and O–H groups in total. The zero-order chi connectivity index (χ0) is 21.6. The Bertz CT molecular complexity index is 997. The van der Waals surface area contributed by atoms with Crippen molar-refractivity contribution in [1.82, 2.24) is 9.80 Å². The summed E-state index contributed by atoms with van der Waals surface area (Å²) in [4.78, 5) is 28.4. The molecule has 2 aliphatic heterocycles. The van der Waals surface area contributed by atoms with E-state index in [9.17, 15) is 9.59 Å². The Balaban J connectivity index is 1.26. The van der Waals surface area contributed by atoms with E-state index in [0.717, 1.165) is 43.9 Å². The van der Waals surface area contributed by atoms with Crippen molar-refractivity contribution in [3.8, 4) is 11.8 Å². The number of anilines is 1. The summed E-state index contributed by atoms with van der Waals surface area (Å²) < 4.78 is 5.76. The number of rotatable bonds is 5. The monoisotopic (exact) mass is 418 g/mol. The number of carbonyl (C=O) groups is 2. The van der Waals surface area contributed by atoms with Crippen LogP contribution < -0.4 is 10.1 Å².